The van der Waals surface area contributed by atoms with Crippen LogP contribution in [0.4, 0.5) is 5.69 Å². The van der Waals surface area contributed by atoms with Crippen molar-refractivity contribution in [3.63, 3.8) is 0 Å². The zero-order chi connectivity index (χ0) is 13.1. The molecule has 0 aliphatic heterocycles. The first-order chi connectivity index (χ1) is 7.81. The Balaban J connectivity index is 3.13. The molecule has 1 aromatic carbocycles. The first-order valence-corrected chi connectivity index (χ1v) is 4.92. The molecular weight excluding hydrogens is 244 g/mol. The third kappa shape index (κ3) is 2.73. The van der Waals surface area contributed by atoms with Crippen molar-refractivity contribution < 1.29 is 8.85 Å². The molecule has 0 amide bonds. The number of methoxy groups -OCH3 is 1. The number of benzene rings is 1. The van der Waals surface area contributed by atoms with Gasteiger partial charge in [0.2, 0.25) is 0 Å². The number of amidine groups is 1. The van der Waals surface area contributed by atoms with Crippen LogP contribution in [-0.4, -0.2) is 12.9 Å². The van der Waals surface area contributed by atoms with Crippen molar-refractivity contribution in [3.05, 3.63) is 22.7 Å². The van der Waals surface area contributed by atoms with Gasteiger partial charge < -0.3 is 10.5 Å². The Morgan fingerprint density at radius 3 is 3.14 bits per heavy atom. The smallest absolute Gasteiger partial charge is 0.145 e. The number of aliphatic imine (C=N–C) groups is 1. The van der Waals surface area contributed by atoms with Crippen LogP contribution >= 0.6 is 15.9 Å². The third-order valence-electron chi connectivity index (χ3n) is 1.66. The van der Waals surface area contributed by atoms with Gasteiger partial charge in [-0.1, -0.05) is 22.9 Å². The summed E-state index contributed by atoms with van der Waals surface area (Å²) in [5.74, 6) is 0.596. The second-order valence-electron chi connectivity index (χ2n) is 2.67. The van der Waals surface area contributed by atoms with Crippen molar-refractivity contribution >= 4 is 27.5 Å². The van der Waals surface area contributed by atoms with E-state index in [9.17, 15) is 0 Å². The highest BCUT2D eigenvalue weighted by atomic mass is 79.9. The first kappa shape index (κ1) is 7.29. The number of nitrogens with zero attached hydrogens (tertiary/aromatic N) is 1. The zero-order valence-corrected chi connectivity index (χ0v) is 9.34. The SMILES string of the molecule is [2H]C([2H])([2H])Oc1cc(Br)ccc1N=C(N)CC. The van der Waals surface area contributed by atoms with E-state index >= 15 is 0 Å². The Morgan fingerprint density at radius 2 is 2.50 bits per heavy atom. The maximum atomic E-state index is 7.08. The monoisotopic (exact) mass is 259 g/mol. The van der Waals surface area contributed by atoms with Crippen molar-refractivity contribution in [2.75, 3.05) is 7.04 Å². The van der Waals surface area contributed by atoms with E-state index in [0.717, 1.165) is 0 Å². The molecule has 2 N–H and O–H groups in total. The summed E-state index contributed by atoms with van der Waals surface area (Å²) >= 11 is 3.24. The average Bonchev–Trinajstić information content (AvgIpc) is 2.19. The summed E-state index contributed by atoms with van der Waals surface area (Å²) in [6.07, 6.45) is 0.587. The van der Waals surface area contributed by atoms with Gasteiger partial charge in [0, 0.05) is 10.9 Å². The van der Waals surface area contributed by atoms with E-state index in [4.69, 9.17) is 14.6 Å². The number of halogens is 1. The average molecular weight is 260 g/mol. The van der Waals surface area contributed by atoms with Crippen LogP contribution in [0.2, 0.25) is 0 Å². The Morgan fingerprint density at radius 1 is 1.71 bits per heavy atom. The van der Waals surface area contributed by atoms with Gasteiger partial charge in [0.1, 0.15) is 11.4 Å². The summed E-state index contributed by atoms with van der Waals surface area (Å²) in [5.41, 5.74) is 6.02. The molecule has 14 heavy (non-hydrogen) atoms. The summed E-state index contributed by atoms with van der Waals surface area (Å²) in [5, 5.41) is 0. The lowest BCUT2D eigenvalue weighted by Gasteiger charge is -2.05. The summed E-state index contributed by atoms with van der Waals surface area (Å²) in [6.45, 7) is 1.86. The molecule has 0 aromatic heterocycles. The van der Waals surface area contributed by atoms with Crippen LogP contribution in [-0.2, 0) is 0 Å². The highest BCUT2D eigenvalue weighted by Gasteiger charge is 2.02. The lowest BCUT2D eigenvalue weighted by atomic mass is 10.3. The second kappa shape index (κ2) is 5.00. The van der Waals surface area contributed by atoms with Gasteiger partial charge in [-0.2, -0.15) is 0 Å². The molecule has 0 fully saturated rings. The summed E-state index contributed by atoms with van der Waals surface area (Å²) in [6, 6.07) is 4.94. The van der Waals surface area contributed by atoms with Crippen LogP contribution < -0.4 is 10.5 Å². The third-order valence-corrected chi connectivity index (χ3v) is 2.15. The van der Waals surface area contributed by atoms with Gasteiger partial charge in [-0.25, -0.2) is 4.99 Å². The molecule has 76 valence electrons. The van der Waals surface area contributed by atoms with E-state index in [1.165, 1.54) is 0 Å². The lowest BCUT2D eigenvalue weighted by Crippen LogP contribution is -2.08. The van der Waals surface area contributed by atoms with Crippen molar-refractivity contribution in [1.29, 1.82) is 0 Å². The first-order valence-electron chi connectivity index (χ1n) is 5.63. The van der Waals surface area contributed by atoms with Crippen molar-refractivity contribution in [3.8, 4) is 5.75 Å². The van der Waals surface area contributed by atoms with E-state index < -0.39 is 7.04 Å². The fraction of sp³-hybridized carbons (Fsp3) is 0.300. The number of ether oxygens (including phenoxy) is 1. The molecule has 0 saturated carbocycles. The Labute approximate surface area is 96.3 Å². The molecule has 0 aliphatic rings. The molecular formula is C10H13BrN2O. The summed E-state index contributed by atoms with van der Waals surface area (Å²) in [7, 11) is -2.51. The molecule has 0 radical (unpaired) electrons. The fourth-order valence-electron chi connectivity index (χ4n) is 0.896. The van der Waals surface area contributed by atoms with Gasteiger partial charge in [0.15, 0.2) is 0 Å². The highest BCUT2D eigenvalue weighted by molar-refractivity contribution is 9.10. The van der Waals surface area contributed by atoms with E-state index in [1.807, 2.05) is 6.92 Å². The van der Waals surface area contributed by atoms with Crippen LogP contribution in [0.5, 0.6) is 5.75 Å². The normalized spacial score (nSPS) is 15.6. The quantitative estimate of drug-likeness (QED) is 0.671. The van der Waals surface area contributed by atoms with E-state index in [-0.39, 0.29) is 5.75 Å². The topological polar surface area (TPSA) is 47.6 Å². The molecule has 4 heteroatoms. The number of nitrogens with two attached hydrogens (primary N) is 1. The largest absolute Gasteiger partial charge is 0.494 e. The van der Waals surface area contributed by atoms with Gasteiger partial charge in [-0.05, 0) is 18.2 Å². The van der Waals surface area contributed by atoms with Gasteiger partial charge in [-0.3, -0.25) is 0 Å². The van der Waals surface area contributed by atoms with Crippen LogP contribution in [0.15, 0.2) is 27.7 Å². The molecule has 0 bridgehead atoms. The van der Waals surface area contributed by atoms with E-state index in [1.54, 1.807) is 18.2 Å². The number of hydrogen-bond donors (Lipinski definition) is 1. The van der Waals surface area contributed by atoms with Crippen LogP contribution in [0.1, 0.15) is 17.5 Å². The number of hydrogen-bond acceptors (Lipinski definition) is 2. The minimum absolute atomic E-state index is 0.177. The maximum Gasteiger partial charge on any atom is 0.145 e. The van der Waals surface area contributed by atoms with Crippen LogP contribution in [0.3, 0.4) is 0 Å². The standard InChI is InChI=1S/C10H13BrN2O/c1-3-10(12)13-8-5-4-7(11)6-9(8)14-2/h4-6H,3H2,1-2H3,(H2,12,13)/i2D3. The lowest BCUT2D eigenvalue weighted by molar-refractivity contribution is 0.416. The Bertz CT molecular complexity index is 432. The molecule has 0 heterocycles. The van der Waals surface area contributed by atoms with Gasteiger partial charge in [-0.15, -0.1) is 0 Å². The minimum Gasteiger partial charge on any atom is -0.494 e. The highest BCUT2D eigenvalue weighted by Crippen LogP contribution is 2.30. The fourth-order valence-corrected chi connectivity index (χ4v) is 1.24. The van der Waals surface area contributed by atoms with Gasteiger partial charge in [0.25, 0.3) is 0 Å². The molecule has 1 aromatic rings. The summed E-state index contributed by atoms with van der Waals surface area (Å²) in [4.78, 5) is 4.10. The Hall–Kier alpha value is -1.03. The number of rotatable bonds is 3. The second-order valence-corrected chi connectivity index (χ2v) is 3.59. The van der Waals surface area contributed by atoms with Crippen molar-refractivity contribution in [2.24, 2.45) is 10.7 Å². The van der Waals surface area contributed by atoms with E-state index in [0.29, 0.717) is 22.4 Å². The molecule has 0 aliphatic carbocycles. The van der Waals surface area contributed by atoms with Crippen LogP contribution in [0, 0.1) is 0 Å². The van der Waals surface area contributed by atoms with Gasteiger partial charge in [0.05, 0.1) is 17.0 Å². The van der Waals surface area contributed by atoms with Crippen molar-refractivity contribution in [2.45, 2.75) is 13.3 Å². The molecule has 0 saturated heterocycles. The van der Waals surface area contributed by atoms with E-state index in [2.05, 4.69) is 20.9 Å². The maximum absolute atomic E-state index is 7.08. The summed E-state index contributed by atoms with van der Waals surface area (Å²) < 4.78 is 26.8. The van der Waals surface area contributed by atoms with Crippen LogP contribution in [0.25, 0.3) is 0 Å². The predicted octanol–water partition coefficient (Wildman–Crippen LogP) is 2.86. The molecule has 0 unspecified atom stereocenters. The molecule has 0 spiro atoms. The Kier molecular flexibility index (Phi) is 2.60. The zero-order valence-electron chi connectivity index (χ0n) is 10.7. The predicted molar refractivity (Wildman–Crippen MR) is 62.3 cm³/mol. The van der Waals surface area contributed by atoms with Crippen molar-refractivity contribution in [1.82, 2.24) is 0 Å². The molecule has 0 atom stereocenters. The van der Waals surface area contributed by atoms with Gasteiger partial charge >= 0.3 is 0 Å². The molecule has 3 nitrogen and oxygen atoms in total. The molecule has 1 rings (SSSR count). The minimum atomic E-state index is -2.51.